The number of anilines is 2. The Bertz CT molecular complexity index is 717. The maximum absolute atomic E-state index is 11.2. The molecule has 0 aromatic heterocycles. The molecule has 0 heterocycles. The Hall–Kier alpha value is -2.80. The van der Waals surface area contributed by atoms with Gasteiger partial charge in [0.1, 0.15) is 18.0 Å². The number of rotatable bonds is 10. The Morgan fingerprint density at radius 3 is 2.54 bits per heavy atom. The number of aliphatic hydroxyl groups excluding tert-OH is 1. The molecule has 0 saturated heterocycles. The minimum atomic E-state index is -0.505. The van der Waals surface area contributed by atoms with Gasteiger partial charge in [0.05, 0.1) is 11.0 Å². The van der Waals surface area contributed by atoms with E-state index in [-0.39, 0.29) is 5.69 Å². The molecule has 2 rings (SSSR count). The van der Waals surface area contributed by atoms with Gasteiger partial charge in [-0.15, -0.1) is 0 Å². The highest BCUT2D eigenvalue weighted by Gasteiger charge is 2.14. The summed E-state index contributed by atoms with van der Waals surface area (Å²) in [6, 6.07) is 12.6. The topological polar surface area (TPSA) is 96.7 Å². The lowest BCUT2D eigenvalue weighted by atomic mass is 10.2. The standard InChI is InChI=1S/C19H25N3O4/c1-3-15-4-7-17(8-5-15)26-11-10-20-18-12-16(21-13-14(2)23)6-9-19(18)22(24)25/h4-9,12,14,20-21,23H,3,10-11,13H2,1-2H3/t14-/m0/s1. The molecule has 3 N–H and O–H groups in total. The van der Waals surface area contributed by atoms with Crippen molar-refractivity contribution in [3.63, 3.8) is 0 Å². The van der Waals surface area contributed by atoms with Crippen molar-refractivity contribution in [2.75, 3.05) is 30.3 Å². The zero-order chi connectivity index (χ0) is 18.9. The molecule has 2 aromatic carbocycles. The number of benzene rings is 2. The van der Waals surface area contributed by atoms with E-state index in [9.17, 15) is 15.2 Å². The summed E-state index contributed by atoms with van der Waals surface area (Å²) in [6.07, 6.45) is 0.472. The number of nitrogens with zero attached hydrogens (tertiary/aromatic N) is 1. The van der Waals surface area contributed by atoms with Gasteiger partial charge in [0.15, 0.2) is 0 Å². The Morgan fingerprint density at radius 1 is 1.19 bits per heavy atom. The van der Waals surface area contributed by atoms with Crippen LogP contribution in [0.25, 0.3) is 0 Å². The minimum absolute atomic E-state index is 0.0000966. The lowest BCUT2D eigenvalue weighted by Gasteiger charge is -2.12. The molecule has 0 fully saturated rings. The highest BCUT2D eigenvalue weighted by molar-refractivity contribution is 5.68. The second-order valence-corrected chi connectivity index (χ2v) is 5.99. The monoisotopic (exact) mass is 359 g/mol. The molecule has 1 atom stereocenters. The fourth-order valence-corrected chi connectivity index (χ4v) is 2.39. The number of nitrogens with one attached hydrogen (secondary N) is 2. The second kappa shape index (κ2) is 9.62. The van der Waals surface area contributed by atoms with Crippen molar-refractivity contribution in [2.24, 2.45) is 0 Å². The van der Waals surface area contributed by atoms with Crippen molar-refractivity contribution in [1.82, 2.24) is 0 Å². The van der Waals surface area contributed by atoms with Gasteiger partial charge in [0.25, 0.3) is 5.69 Å². The summed E-state index contributed by atoms with van der Waals surface area (Å²) in [5.41, 5.74) is 2.36. The summed E-state index contributed by atoms with van der Waals surface area (Å²) in [5.74, 6) is 0.769. The largest absolute Gasteiger partial charge is 0.492 e. The van der Waals surface area contributed by atoms with Crippen molar-refractivity contribution < 1.29 is 14.8 Å². The van der Waals surface area contributed by atoms with Crippen LogP contribution in [0.1, 0.15) is 19.4 Å². The molecule has 140 valence electrons. The van der Waals surface area contributed by atoms with Gasteiger partial charge in [-0.25, -0.2) is 0 Å². The van der Waals surface area contributed by atoms with E-state index in [4.69, 9.17) is 4.74 Å². The third kappa shape index (κ3) is 5.93. The SMILES string of the molecule is CCc1ccc(OCCNc2cc(NC[C@H](C)O)ccc2[N+](=O)[O-])cc1. The van der Waals surface area contributed by atoms with Crippen LogP contribution in [0.3, 0.4) is 0 Å². The van der Waals surface area contributed by atoms with E-state index in [0.717, 1.165) is 12.2 Å². The minimum Gasteiger partial charge on any atom is -0.492 e. The number of hydrogen-bond acceptors (Lipinski definition) is 6. The van der Waals surface area contributed by atoms with Gasteiger partial charge in [0, 0.05) is 24.8 Å². The third-order valence-corrected chi connectivity index (χ3v) is 3.81. The van der Waals surface area contributed by atoms with Gasteiger partial charge in [-0.1, -0.05) is 19.1 Å². The lowest BCUT2D eigenvalue weighted by Crippen LogP contribution is -2.16. The first kappa shape index (κ1) is 19.5. The predicted octanol–water partition coefficient (Wildman–Crippen LogP) is 3.44. The van der Waals surface area contributed by atoms with Gasteiger partial charge in [0.2, 0.25) is 0 Å². The number of aryl methyl sites for hydroxylation is 1. The average Bonchev–Trinajstić information content (AvgIpc) is 2.64. The predicted molar refractivity (Wildman–Crippen MR) is 103 cm³/mol. The fraction of sp³-hybridized carbons (Fsp3) is 0.368. The summed E-state index contributed by atoms with van der Waals surface area (Å²) in [5, 5.41) is 26.6. The normalized spacial score (nSPS) is 11.7. The van der Waals surface area contributed by atoms with E-state index in [2.05, 4.69) is 17.6 Å². The number of nitro benzene ring substituents is 1. The molecule has 0 saturated carbocycles. The molecule has 0 aliphatic carbocycles. The molecule has 0 aliphatic rings. The van der Waals surface area contributed by atoms with Gasteiger partial charge in [-0.2, -0.15) is 0 Å². The molecule has 2 aromatic rings. The van der Waals surface area contributed by atoms with Crippen LogP contribution >= 0.6 is 0 Å². The maximum Gasteiger partial charge on any atom is 0.292 e. The van der Waals surface area contributed by atoms with Crippen LogP contribution in [-0.2, 0) is 6.42 Å². The smallest absolute Gasteiger partial charge is 0.292 e. The average molecular weight is 359 g/mol. The molecule has 0 bridgehead atoms. The summed E-state index contributed by atoms with van der Waals surface area (Å²) < 4.78 is 5.66. The van der Waals surface area contributed by atoms with E-state index in [1.54, 1.807) is 19.1 Å². The molecule has 7 nitrogen and oxygen atoms in total. The van der Waals surface area contributed by atoms with Crippen molar-refractivity contribution in [3.05, 3.63) is 58.1 Å². The Kier molecular flexibility index (Phi) is 7.23. The van der Waals surface area contributed by atoms with Crippen molar-refractivity contribution in [1.29, 1.82) is 0 Å². The van der Waals surface area contributed by atoms with E-state index in [1.807, 2.05) is 24.3 Å². The second-order valence-electron chi connectivity index (χ2n) is 5.99. The van der Waals surface area contributed by atoms with E-state index < -0.39 is 11.0 Å². The van der Waals surface area contributed by atoms with Crippen LogP contribution < -0.4 is 15.4 Å². The fourth-order valence-electron chi connectivity index (χ4n) is 2.39. The van der Waals surface area contributed by atoms with Crippen LogP contribution in [0.4, 0.5) is 17.1 Å². The lowest BCUT2D eigenvalue weighted by molar-refractivity contribution is -0.383. The highest BCUT2D eigenvalue weighted by Crippen LogP contribution is 2.27. The first-order chi connectivity index (χ1) is 12.5. The molecular weight excluding hydrogens is 334 g/mol. The molecule has 0 radical (unpaired) electrons. The molecule has 0 amide bonds. The van der Waals surface area contributed by atoms with Crippen molar-refractivity contribution >= 4 is 17.1 Å². The Balaban J connectivity index is 1.93. The van der Waals surface area contributed by atoms with Crippen molar-refractivity contribution in [3.8, 4) is 5.75 Å². The molecule has 7 heteroatoms. The zero-order valence-corrected chi connectivity index (χ0v) is 15.1. The Labute approximate surface area is 153 Å². The maximum atomic E-state index is 11.2. The van der Waals surface area contributed by atoms with E-state index in [1.165, 1.54) is 11.6 Å². The van der Waals surface area contributed by atoms with Crippen molar-refractivity contribution in [2.45, 2.75) is 26.4 Å². The first-order valence-electron chi connectivity index (χ1n) is 8.65. The summed E-state index contributed by atoms with van der Waals surface area (Å²) in [6.45, 7) is 4.94. The van der Waals surface area contributed by atoms with Crippen LogP contribution in [0.15, 0.2) is 42.5 Å². The van der Waals surface area contributed by atoms with Crippen LogP contribution in [-0.4, -0.2) is 35.8 Å². The number of ether oxygens (including phenoxy) is 1. The van der Waals surface area contributed by atoms with Gasteiger partial charge < -0.3 is 20.5 Å². The summed E-state index contributed by atoms with van der Waals surface area (Å²) >= 11 is 0. The summed E-state index contributed by atoms with van der Waals surface area (Å²) in [7, 11) is 0. The van der Waals surface area contributed by atoms with Gasteiger partial charge in [-0.3, -0.25) is 10.1 Å². The van der Waals surface area contributed by atoms with Gasteiger partial charge >= 0.3 is 0 Å². The van der Waals surface area contributed by atoms with Crippen LogP contribution in [0.5, 0.6) is 5.75 Å². The molecule has 0 spiro atoms. The third-order valence-electron chi connectivity index (χ3n) is 3.81. The van der Waals surface area contributed by atoms with E-state index in [0.29, 0.717) is 31.1 Å². The van der Waals surface area contributed by atoms with Crippen LogP contribution in [0, 0.1) is 10.1 Å². The molecular formula is C19H25N3O4. The molecule has 0 aliphatic heterocycles. The summed E-state index contributed by atoms with van der Waals surface area (Å²) in [4.78, 5) is 10.8. The van der Waals surface area contributed by atoms with E-state index >= 15 is 0 Å². The Morgan fingerprint density at radius 2 is 1.92 bits per heavy atom. The van der Waals surface area contributed by atoms with Crippen LogP contribution in [0.2, 0.25) is 0 Å². The molecule has 0 unspecified atom stereocenters. The number of aliphatic hydroxyl groups is 1. The number of hydrogen-bond donors (Lipinski definition) is 3. The quantitative estimate of drug-likeness (QED) is 0.342. The highest BCUT2D eigenvalue weighted by atomic mass is 16.6. The first-order valence-corrected chi connectivity index (χ1v) is 8.65. The number of nitro groups is 1. The van der Waals surface area contributed by atoms with Gasteiger partial charge in [-0.05, 0) is 43.2 Å². The molecule has 26 heavy (non-hydrogen) atoms. The zero-order valence-electron chi connectivity index (χ0n) is 15.1.